The van der Waals surface area contributed by atoms with Crippen molar-refractivity contribution in [2.75, 3.05) is 25.6 Å². The highest BCUT2D eigenvalue weighted by Crippen LogP contribution is 2.35. The normalized spacial score (nSPS) is 14.1. The van der Waals surface area contributed by atoms with Crippen LogP contribution in [-0.4, -0.2) is 43.1 Å². The number of aryl methyl sites for hydroxylation is 1. The third-order valence-corrected chi connectivity index (χ3v) is 5.00. The minimum absolute atomic E-state index is 0.00570. The number of hydrogen-bond donors (Lipinski definition) is 1. The largest absolute Gasteiger partial charge is 0.496 e. The first kappa shape index (κ1) is 21.9. The minimum atomic E-state index is -0.410. The maximum atomic E-state index is 13.3. The lowest BCUT2D eigenvalue weighted by molar-refractivity contribution is -0.137. The summed E-state index contributed by atoms with van der Waals surface area (Å²) < 4.78 is 11.0. The van der Waals surface area contributed by atoms with Crippen LogP contribution in [0.5, 0.6) is 5.75 Å². The number of ether oxygens (including phenoxy) is 2. The van der Waals surface area contributed by atoms with Gasteiger partial charge in [-0.25, -0.2) is 0 Å². The van der Waals surface area contributed by atoms with Crippen LogP contribution >= 0.6 is 11.6 Å². The number of nitrogens with one attached hydrogen (secondary N) is 1. The van der Waals surface area contributed by atoms with Crippen LogP contribution in [0.2, 0.25) is 5.02 Å². The Labute approximate surface area is 181 Å². The Kier molecular flexibility index (Phi) is 6.80. The predicted molar refractivity (Wildman–Crippen MR) is 118 cm³/mol. The third kappa shape index (κ3) is 4.50. The van der Waals surface area contributed by atoms with Crippen molar-refractivity contribution in [2.45, 2.75) is 26.9 Å². The average Bonchev–Trinajstić information content (AvgIpc) is 2.94. The zero-order chi connectivity index (χ0) is 21.8. The van der Waals surface area contributed by atoms with E-state index in [9.17, 15) is 9.59 Å². The van der Waals surface area contributed by atoms with E-state index in [-0.39, 0.29) is 36.4 Å². The summed E-state index contributed by atoms with van der Waals surface area (Å²) in [5.74, 6) is -0.289. The first-order valence-corrected chi connectivity index (χ1v) is 10.1. The molecule has 2 amide bonds. The molecule has 1 aliphatic rings. The molecule has 0 atom stereocenters. The molecule has 1 N–H and O–H groups in total. The quantitative estimate of drug-likeness (QED) is 0.636. The topological polar surface area (TPSA) is 67.9 Å². The fraction of sp³-hybridized carbons (Fsp3) is 0.304. The molecule has 0 unspecified atom stereocenters. The maximum absolute atomic E-state index is 13.3. The Balaban J connectivity index is 2.05. The molecule has 1 aliphatic heterocycles. The van der Waals surface area contributed by atoms with Crippen molar-refractivity contribution < 1.29 is 19.1 Å². The van der Waals surface area contributed by atoms with Gasteiger partial charge in [-0.2, -0.15) is 0 Å². The van der Waals surface area contributed by atoms with Gasteiger partial charge < -0.3 is 14.8 Å². The van der Waals surface area contributed by atoms with Gasteiger partial charge in [-0.1, -0.05) is 35.9 Å². The van der Waals surface area contributed by atoms with E-state index in [1.165, 1.54) is 12.0 Å². The van der Waals surface area contributed by atoms with Crippen LogP contribution in [-0.2, 0) is 14.3 Å². The number of nitrogens with zero attached hydrogens (tertiary/aromatic N) is 1. The van der Waals surface area contributed by atoms with Crippen molar-refractivity contribution in [1.82, 2.24) is 4.90 Å². The minimum Gasteiger partial charge on any atom is -0.496 e. The van der Waals surface area contributed by atoms with Crippen molar-refractivity contribution in [2.24, 2.45) is 0 Å². The second-order valence-corrected chi connectivity index (χ2v) is 7.65. The summed E-state index contributed by atoms with van der Waals surface area (Å²) in [7, 11) is 1.53. The zero-order valence-electron chi connectivity index (χ0n) is 17.5. The molecule has 0 radical (unpaired) electrons. The van der Waals surface area contributed by atoms with E-state index in [2.05, 4.69) is 5.32 Å². The van der Waals surface area contributed by atoms with Gasteiger partial charge in [0.2, 0.25) is 0 Å². The van der Waals surface area contributed by atoms with Crippen molar-refractivity contribution in [3.8, 4) is 5.75 Å². The van der Waals surface area contributed by atoms with Crippen LogP contribution in [0.4, 0.5) is 5.69 Å². The highest BCUT2D eigenvalue weighted by molar-refractivity contribution is 6.37. The molecule has 3 rings (SSSR count). The molecule has 0 spiro atoms. The number of hydrogen-bond acceptors (Lipinski definition) is 5. The lowest BCUT2D eigenvalue weighted by Crippen LogP contribution is -2.35. The van der Waals surface area contributed by atoms with Crippen molar-refractivity contribution >= 4 is 34.7 Å². The van der Waals surface area contributed by atoms with Gasteiger partial charge in [0, 0.05) is 16.3 Å². The summed E-state index contributed by atoms with van der Waals surface area (Å²) in [6.07, 6.45) is 0.00570. The van der Waals surface area contributed by atoms with Crippen LogP contribution in [0.3, 0.4) is 0 Å². The lowest BCUT2D eigenvalue weighted by atomic mass is 10.0. The van der Waals surface area contributed by atoms with E-state index in [0.717, 1.165) is 5.56 Å². The summed E-state index contributed by atoms with van der Waals surface area (Å²) in [4.78, 5) is 27.7. The number of carbonyl (C=O) groups excluding carboxylic acids is 2. The van der Waals surface area contributed by atoms with Gasteiger partial charge in [0.15, 0.2) is 0 Å². The SMILES string of the molecule is COc1ccccc1C1=C(Nc2cc(Cl)ccc2C)C(=O)N(CCOC(C)C)C1=O. The molecule has 2 aromatic rings. The smallest absolute Gasteiger partial charge is 0.278 e. The monoisotopic (exact) mass is 428 g/mol. The fourth-order valence-electron chi connectivity index (χ4n) is 3.24. The molecule has 2 aromatic carbocycles. The Bertz CT molecular complexity index is 1000. The van der Waals surface area contributed by atoms with Gasteiger partial charge >= 0.3 is 0 Å². The molecule has 0 bridgehead atoms. The zero-order valence-corrected chi connectivity index (χ0v) is 18.2. The Morgan fingerprint density at radius 2 is 1.83 bits per heavy atom. The van der Waals surface area contributed by atoms with Crippen LogP contribution in [0.25, 0.3) is 5.57 Å². The van der Waals surface area contributed by atoms with E-state index in [1.54, 1.807) is 30.3 Å². The summed E-state index contributed by atoms with van der Waals surface area (Å²) in [5.41, 5.74) is 2.56. The third-order valence-electron chi connectivity index (χ3n) is 4.77. The number of carbonyl (C=O) groups is 2. The van der Waals surface area contributed by atoms with Gasteiger partial charge in [-0.05, 0) is 44.5 Å². The van der Waals surface area contributed by atoms with Gasteiger partial charge in [-0.3, -0.25) is 14.5 Å². The van der Waals surface area contributed by atoms with Crippen LogP contribution in [0, 0.1) is 6.92 Å². The first-order chi connectivity index (χ1) is 14.3. The molecule has 1 heterocycles. The van der Waals surface area contributed by atoms with Crippen molar-refractivity contribution in [3.63, 3.8) is 0 Å². The van der Waals surface area contributed by atoms with Gasteiger partial charge in [0.1, 0.15) is 11.4 Å². The fourth-order valence-corrected chi connectivity index (χ4v) is 3.41. The number of halogens is 1. The molecule has 0 saturated carbocycles. The second-order valence-electron chi connectivity index (χ2n) is 7.22. The lowest BCUT2D eigenvalue weighted by Gasteiger charge is -2.17. The first-order valence-electron chi connectivity index (χ1n) is 9.72. The standard InChI is InChI=1S/C23H25ClN2O4/c1-14(2)30-12-11-26-22(27)20(17-7-5-6-8-19(17)29-4)21(23(26)28)25-18-13-16(24)10-9-15(18)3/h5-10,13-14,25H,11-12H2,1-4H3. The number of benzene rings is 2. The molecule has 0 aromatic heterocycles. The number of anilines is 1. The van der Waals surface area contributed by atoms with E-state index >= 15 is 0 Å². The summed E-state index contributed by atoms with van der Waals surface area (Å²) in [5, 5.41) is 3.68. The number of para-hydroxylation sites is 1. The van der Waals surface area contributed by atoms with E-state index in [1.807, 2.05) is 32.9 Å². The Morgan fingerprint density at radius 1 is 1.10 bits per heavy atom. The van der Waals surface area contributed by atoms with E-state index in [0.29, 0.717) is 22.0 Å². The molecule has 6 nitrogen and oxygen atoms in total. The Morgan fingerprint density at radius 3 is 2.53 bits per heavy atom. The van der Waals surface area contributed by atoms with Gasteiger partial charge in [-0.15, -0.1) is 0 Å². The number of methoxy groups -OCH3 is 1. The molecular formula is C23H25ClN2O4. The predicted octanol–water partition coefficient (Wildman–Crippen LogP) is 4.27. The molecular weight excluding hydrogens is 404 g/mol. The van der Waals surface area contributed by atoms with Crippen molar-refractivity contribution in [1.29, 1.82) is 0 Å². The Hall–Kier alpha value is -2.83. The van der Waals surface area contributed by atoms with Crippen LogP contribution < -0.4 is 10.1 Å². The molecule has 0 aliphatic carbocycles. The summed E-state index contributed by atoms with van der Waals surface area (Å²) >= 11 is 6.14. The van der Waals surface area contributed by atoms with E-state index in [4.69, 9.17) is 21.1 Å². The van der Waals surface area contributed by atoms with Gasteiger partial charge in [0.05, 0.1) is 31.9 Å². The van der Waals surface area contributed by atoms with Crippen molar-refractivity contribution in [3.05, 3.63) is 64.3 Å². The second kappa shape index (κ2) is 9.32. The number of imide groups is 1. The summed E-state index contributed by atoms with van der Waals surface area (Å²) in [6.45, 7) is 6.13. The number of amides is 2. The molecule has 158 valence electrons. The van der Waals surface area contributed by atoms with Crippen LogP contribution in [0.1, 0.15) is 25.0 Å². The number of rotatable bonds is 8. The van der Waals surface area contributed by atoms with Crippen LogP contribution in [0.15, 0.2) is 48.2 Å². The molecule has 7 heteroatoms. The highest BCUT2D eigenvalue weighted by Gasteiger charge is 2.40. The maximum Gasteiger partial charge on any atom is 0.278 e. The molecule has 30 heavy (non-hydrogen) atoms. The average molecular weight is 429 g/mol. The molecule has 0 saturated heterocycles. The highest BCUT2D eigenvalue weighted by atomic mass is 35.5. The molecule has 0 fully saturated rings. The van der Waals surface area contributed by atoms with E-state index < -0.39 is 5.91 Å². The van der Waals surface area contributed by atoms with Gasteiger partial charge in [0.25, 0.3) is 11.8 Å². The summed E-state index contributed by atoms with van der Waals surface area (Å²) in [6, 6.07) is 12.5.